The van der Waals surface area contributed by atoms with Gasteiger partial charge >= 0.3 is 0 Å². The molecule has 0 spiro atoms. The Hall–Kier alpha value is -2.53. The second kappa shape index (κ2) is 9.42. The molecule has 0 bridgehead atoms. The highest BCUT2D eigenvalue weighted by atomic mass is 15.3. The van der Waals surface area contributed by atoms with Crippen LogP contribution in [0, 0.1) is 13.8 Å². The smallest absolute Gasteiger partial charge is 0.193 e. The van der Waals surface area contributed by atoms with Crippen molar-refractivity contribution in [2.24, 2.45) is 10.7 Å². The summed E-state index contributed by atoms with van der Waals surface area (Å²) < 4.78 is 0. The molecule has 1 fully saturated rings. The molecule has 0 atom stereocenters. The van der Waals surface area contributed by atoms with Crippen LogP contribution in [-0.2, 0) is 0 Å². The Morgan fingerprint density at radius 3 is 2.44 bits per heavy atom. The molecule has 5 nitrogen and oxygen atoms in total. The van der Waals surface area contributed by atoms with Gasteiger partial charge in [0.1, 0.15) is 0 Å². The minimum atomic E-state index is 0.493. The first-order valence-electron chi connectivity index (χ1n) is 9.78. The van der Waals surface area contributed by atoms with Crippen LogP contribution in [0.3, 0.4) is 0 Å². The van der Waals surface area contributed by atoms with Crippen LogP contribution in [0.25, 0.3) is 0 Å². The zero-order chi connectivity index (χ0) is 19.1. The van der Waals surface area contributed by atoms with Gasteiger partial charge in [0.25, 0.3) is 0 Å². The molecule has 1 heterocycles. The first-order valence-corrected chi connectivity index (χ1v) is 9.78. The monoisotopic (exact) mass is 365 g/mol. The van der Waals surface area contributed by atoms with Crippen molar-refractivity contribution in [1.82, 2.24) is 4.90 Å². The van der Waals surface area contributed by atoms with Gasteiger partial charge in [-0.15, -0.1) is 0 Å². The molecule has 0 aliphatic carbocycles. The van der Waals surface area contributed by atoms with Crippen LogP contribution in [0.1, 0.15) is 17.5 Å². The second-order valence-electron chi connectivity index (χ2n) is 7.21. The van der Waals surface area contributed by atoms with E-state index in [1.165, 1.54) is 16.8 Å². The van der Waals surface area contributed by atoms with E-state index in [9.17, 15) is 0 Å². The number of nitrogens with zero attached hydrogens (tertiary/aromatic N) is 3. The van der Waals surface area contributed by atoms with Crippen molar-refractivity contribution in [3.63, 3.8) is 0 Å². The maximum Gasteiger partial charge on any atom is 0.193 e. The summed E-state index contributed by atoms with van der Waals surface area (Å²) in [4.78, 5) is 9.44. The van der Waals surface area contributed by atoms with Crippen molar-refractivity contribution in [3.05, 3.63) is 59.7 Å². The minimum Gasteiger partial charge on any atom is -0.370 e. The van der Waals surface area contributed by atoms with Crippen LogP contribution in [0.2, 0.25) is 0 Å². The van der Waals surface area contributed by atoms with Crippen LogP contribution in [0.4, 0.5) is 11.4 Å². The number of para-hydroxylation sites is 1. The number of guanidine groups is 1. The van der Waals surface area contributed by atoms with E-state index < -0.39 is 0 Å². The molecule has 0 unspecified atom stereocenters. The average Bonchev–Trinajstić information content (AvgIpc) is 2.69. The van der Waals surface area contributed by atoms with Gasteiger partial charge in [-0.25, -0.2) is 0 Å². The molecule has 1 aliphatic heterocycles. The molecule has 1 saturated heterocycles. The van der Waals surface area contributed by atoms with Gasteiger partial charge < -0.3 is 16.0 Å². The van der Waals surface area contributed by atoms with Crippen LogP contribution >= 0.6 is 0 Å². The number of benzene rings is 2. The Bertz CT molecular complexity index is 749. The molecule has 0 aromatic heterocycles. The lowest BCUT2D eigenvalue weighted by molar-refractivity contribution is 0.256. The van der Waals surface area contributed by atoms with Gasteiger partial charge in [0, 0.05) is 50.6 Å². The largest absolute Gasteiger partial charge is 0.370 e. The fourth-order valence-corrected chi connectivity index (χ4v) is 3.37. The van der Waals surface area contributed by atoms with Gasteiger partial charge in [0.2, 0.25) is 0 Å². The van der Waals surface area contributed by atoms with Gasteiger partial charge in [0.05, 0.1) is 0 Å². The van der Waals surface area contributed by atoms with Gasteiger partial charge in [-0.2, -0.15) is 0 Å². The predicted octanol–water partition coefficient (Wildman–Crippen LogP) is 3.24. The Morgan fingerprint density at radius 1 is 1.00 bits per heavy atom. The second-order valence-corrected chi connectivity index (χ2v) is 7.21. The Kier molecular flexibility index (Phi) is 6.71. The first kappa shape index (κ1) is 19.2. The number of hydrogen-bond donors (Lipinski definition) is 2. The Balaban J connectivity index is 1.36. The third-order valence-electron chi connectivity index (χ3n) is 5.19. The van der Waals surface area contributed by atoms with Crippen LogP contribution in [0.5, 0.6) is 0 Å². The molecule has 2 aromatic carbocycles. The van der Waals surface area contributed by atoms with Crippen LogP contribution in [0.15, 0.2) is 53.5 Å². The molecule has 27 heavy (non-hydrogen) atoms. The van der Waals surface area contributed by atoms with E-state index in [-0.39, 0.29) is 0 Å². The highest BCUT2D eigenvalue weighted by Crippen LogP contribution is 2.16. The third-order valence-corrected chi connectivity index (χ3v) is 5.19. The summed E-state index contributed by atoms with van der Waals surface area (Å²) in [6.07, 6.45) is 1.03. The summed E-state index contributed by atoms with van der Waals surface area (Å²) in [7, 11) is 0. The van der Waals surface area contributed by atoms with Crippen molar-refractivity contribution in [2.75, 3.05) is 49.5 Å². The summed E-state index contributed by atoms with van der Waals surface area (Å²) in [5.41, 5.74) is 10.9. The van der Waals surface area contributed by atoms with Crippen molar-refractivity contribution in [2.45, 2.75) is 20.3 Å². The van der Waals surface area contributed by atoms with Crippen molar-refractivity contribution in [3.8, 4) is 0 Å². The summed E-state index contributed by atoms with van der Waals surface area (Å²) in [6.45, 7) is 10.4. The van der Waals surface area contributed by atoms with E-state index in [0.717, 1.165) is 51.4 Å². The maximum atomic E-state index is 6.01. The molecule has 5 heteroatoms. The van der Waals surface area contributed by atoms with Gasteiger partial charge in [-0.3, -0.25) is 9.89 Å². The molecule has 144 valence electrons. The highest BCUT2D eigenvalue weighted by Gasteiger charge is 2.16. The fourth-order valence-electron chi connectivity index (χ4n) is 3.37. The summed E-state index contributed by atoms with van der Waals surface area (Å²) >= 11 is 0. The number of nitrogens with one attached hydrogen (secondary N) is 1. The number of hydrogen-bond acceptors (Lipinski definition) is 3. The summed E-state index contributed by atoms with van der Waals surface area (Å²) in [6, 6.07) is 16.9. The molecule has 0 saturated carbocycles. The van der Waals surface area contributed by atoms with E-state index in [4.69, 9.17) is 5.73 Å². The molecule has 2 aromatic rings. The standard InChI is InChI=1S/C22H31N5/c1-18-9-10-20(17-19(18)2)25-22(23)24-11-6-12-26-13-15-27(16-14-26)21-7-4-3-5-8-21/h3-5,7-10,17H,6,11-16H2,1-2H3,(H3,23,24,25). The minimum absolute atomic E-state index is 0.493. The summed E-state index contributed by atoms with van der Waals surface area (Å²) in [5.74, 6) is 0.493. The highest BCUT2D eigenvalue weighted by molar-refractivity contribution is 5.92. The lowest BCUT2D eigenvalue weighted by Gasteiger charge is -2.36. The average molecular weight is 366 g/mol. The van der Waals surface area contributed by atoms with E-state index >= 15 is 0 Å². The SMILES string of the molecule is Cc1ccc(NC(N)=NCCCN2CCN(c3ccccc3)CC2)cc1C. The predicted molar refractivity (Wildman–Crippen MR) is 116 cm³/mol. The maximum absolute atomic E-state index is 6.01. The first-order chi connectivity index (χ1) is 13.1. The van der Waals surface area contributed by atoms with E-state index in [0.29, 0.717) is 5.96 Å². The number of nitrogens with two attached hydrogens (primary N) is 1. The molecule has 0 amide bonds. The van der Waals surface area contributed by atoms with Crippen molar-refractivity contribution < 1.29 is 0 Å². The van der Waals surface area contributed by atoms with E-state index in [1.807, 2.05) is 6.07 Å². The molecular weight excluding hydrogens is 334 g/mol. The number of aryl methyl sites for hydroxylation is 2. The van der Waals surface area contributed by atoms with Crippen molar-refractivity contribution in [1.29, 1.82) is 0 Å². The van der Waals surface area contributed by atoms with E-state index in [1.54, 1.807) is 0 Å². The van der Waals surface area contributed by atoms with Gasteiger partial charge in [0.15, 0.2) is 5.96 Å². The molecular formula is C22H31N5. The lowest BCUT2D eigenvalue weighted by Crippen LogP contribution is -2.46. The number of anilines is 2. The summed E-state index contributed by atoms with van der Waals surface area (Å²) in [5, 5.41) is 3.18. The third kappa shape index (κ3) is 5.73. The topological polar surface area (TPSA) is 56.9 Å². The molecule has 1 aliphatic rings. The fraction of sp³-hybridized carbons (Fsp3) is 0.409. The van der Waals surface area contributed by atoms with Gasteiger partial charge in [-0.1, -0.05) is 24.3 Å². The quantitative estimate of drug-likeness (QED) is 0.469. The normalized spacial score (nSPS) is 15.8. The lowest BCUT2D eigenvalue weighted by atomic mass is 10.1. The van der Waals surface area contributed by atoms with E-state index in [2.05, 4.69) is 76.4 Å². The Morgan fingerprint density at radius 2 is 1.74 bits per heavy atom. The van der Waals surface area contributed by atoms with Crippen LogP contribution < -0.4 is 16.0 Å². The van der Waals surface area contributed by atoms with Crippen molar-refractivity contribution >= 4 is 17.3 Å². The molecule has 3 rings (SSSR count). The van der Waals surface area contributed by atoms with Gasteiger partial charge in [-0.05, 0) is 55.7 Å². The number of aliphatic imine (C=N–C) groups is 1. The Labute approximate surface area is 162 Å². The molecule has 3 N–H and O–H groups in total. The number of rotatable bonds is 6. The molecule has 0 radical (unpaired) electrons. The zero-order valence-corrected chi connectivity index (χ0v) is 16.5. The number of piperazine rings is 1. The zero-order valence-electron chi connectivity index (χ0n) is 16.5. The van der Waals surface area contributed by atoms with Crippen LogP contribution in [-0.4, -0.2) is 50.1 Å².